The maximum atomic E-state index is 4.59. The van der Waals surface area contributed by atoms with E-state index < -0.39 is 0 Å². The Morgan fingerprint density at radius 3 is 2.60 bits per heavy atom. The van der Waals surface area contributed by atoms with Crippen molar-refractivity contribution in [2.75, 3.05) is 0 Å². The van der Waals surface area contributed by atoms with E-state index in [9.17, 15) is 0 Å². The first kappa shape index (κ1) is 7.35. The highest BCUT2D eigenvalue weighted by Gasteiger charge is 2.45. The lowest BCUT2D eigenvalue weighted by molar-refractivity contribution is 0.453. The molecule has 2 saturated carbocycles. The lowest BCUT2D eigenvalue weighted by Gasteiger charge is -2.23. The van der Waals surface area contributed by atoms with Crippen LogP contribution in [-0.4, -0.2) is 4.08 Å². The summed E-state index contributed by atoms with van der Waals surface area (Å²) in [5.74, 6) is 1.79. The third-order valence-corrected chi connectivity index (χ3v) is 4.25. The van der Waals surface area contributed by atoms with Crippen molar-refractivity contribution in [3.8, 4) is 0 Å². The van der Waals surface area contributed by atoms with Crippen molar-refractivity contribution < 1.29 is 0 Å². The minimum Gasteiger partial charge on any atom is -0.162 e. The highest BCUT2D eigenvalue weighted by atomic mass is 32.2. The van der Waals surface area contributed by atoms with Crippen LogP contribution in [0.15, 0.2) is 0 Å². The first-order valence-electron chi connectivity index (χ1n) is 4.15. The van der Waals surface area contributed by atoms with E-state index in [1.807, 2.05) is 0 Å². The minimum absolute atomic E-state index is 0.0845. The molecule has 0 bridgehead atoms. The molecule has 2 aliphatic carbocycles. The molecule has 2 fully saturated rings. The molecule has 0 aromatic heterocycles. The first-order chi connectivity index (χ1) is 4.70. The van der Waals surface area contributed by atoms with Crippen molar-refractivity contribution in [2.45, 2.75) is 36.2 Å². The first-order valence-corrected chi connectivity index (χ1v) is 5.04. The van der Waals surface area contributed by atoms with Crippen LogP contribution in [0.1, 0.15) is 32.1 Å². The Bertz CT molecular complexity index is 142. The fourth-order valence-electron chi connectivity index (χ4n) is 2.57. The standard InChI is InChI=1S/C8H14S2/c9-8(10)5-4-6-2-1-3-7(6)8/h6-7,9-10H,1-5H2. The van der Waals surface area contributed by atoms with Gasteiger partial charge in [-0.15, -0.1) is 0 Å². The second kappa shape index (κ2) is 2.34. The zero-order chi connectivity index (χ0) is 7.19. The Labute approximate surface area is 73.6 Å². The molecule has 0 amide bonds. The van der Waals surface area contributed by atoms with Crippen LogP contribution in [0.4, 0.5) is 0 Å². The second-order valence-corrected chi connectivity index (χ2v) is 5.66. The number of fused-ring (bicyclic) bond motifs is 1. The number of hydrogen-bond donors (Lipinski definition) is 2. The minimum atomic E-state index is 0.0845. The fourth-order valence-corrected chi connectivity index (χ4v) is 3.51. The number of hydrogen-bond acceptors (Lipinski definition) is 2. The molecule has 0 aromatic rings. The average molecular weight is 174 g/mol. The highest BCUT2D eigenvalue weighted by molar-refractivity contribution is 8.00. The summed E-state index contributed by atoms with van der Waals surface area (Å²) in [6.07, 6.45) is 6.82. The molecule has 2 rings (SSSR count). The van der Waals surface area contributed by atoms with Gasteiger partial charge in [0, 0.05) is 0 Å². The van der Waals surface area contributed by atoms with Crippen LogP contribution in [0.5, 0.6) is 0 Å². The van der Waals surface area contributed by atoms with Crippen LogP contribution >= 0.6 is 25.3 Å². The van der Waals surface area contributed by atoms with Gasteiger partial charge >= 0.3 is 0 Å². The van der Waals surface area contributed by atoms with Crippen molar-refractivity contribution in [1.29, 1.82) is 0 Å². The van der Waals surface area contributed by atoms with Gasteiger partial charge in [0.1, 0.15) is 0 Å². The van der Waals surface area contributed by atoms with E-state index in [-0.39, 0.29) is 4.08 Å². The van der Waals surface area contributed by atoms with E-state index in [1.54, 1.807) is 0 Å². The summed E-state index contributed by atoms with van der Waals surface area (Å²) >= 11 is 9.18. The third-order valence-electron chi connectivity index (χ3n) is 3.14. The van der Waals surface area contributed by atoms with Gasteiger partial charge in [-0.2, -0.15) is 25.3 Å². The van der Waals surface area contributed by atoms with Crippen LogP contribution < -0.4 is 0 Å². The summed E-state index contributed by atoms with van der Waals surface area (Å²) in [4.78, 5) is 0. The SMILES string of the molecule is SC1(S)CCC2CCCC21. The van der Waals surface area contributed by atoms with Crippen molar-refractivity contribution in [2.24, 2.45) is 11.8 Å². The van der Waals surface area contributed by atoms with E-state index in [0.717, 1.165) is 11.8 Å². The zero-order valence-electron chi connectivity index (χ0n) is 6.08. The molecule has 0 saturated heterocycles. The van der Waals surface area contributed by atoms with Gasteiger partial charge in [-0.25, -0.2) is 0 Å². The lowest BCUT2D eigenvalue weighted by Crippen LogP contribution is -2.19. The predicted octanol–water partition coefficient (Wildman–Crippen LogP) is 2.75. The van der Waals surface area contributed by atoms with E-state index in [2.05, 4.69) is 25.3 Å². The van der Waals surface area contributed by atoms with Crippen LogP contribution in [0.2, 0.25) is 0 Å². The zero-order valence-corrected chi connectivity index (χ0v) is 7.87. The van der Waals surface area contributed by atoms with Gasteiger partial charge in [0.25, 0.3) is 0 Å². The van der Waals surface area contributed by atoms with Crippen LogP contribution in [-0.2, 0) is 0 Å². The predicted molar refractivity (Wildman–Crippen MR) is 50.8 cm³/mol. The van der Waals surface area contributed by atoms with Crippen LogP contribution in [0.3, 0.4) is 0 Å². The number of thiol groups is 2. The molecule has 0 spiro atoms. The fraction of sp³-hybridized carbons (Fsp3) is 1.00. The Morgan fingerprint density at radius 1 is 1.10 bits per heavy atom. The summed E-state index contributed by atoms with van der Waals surface area (Å²) < 4.78 is 0.0845. The van der Waals surface area contributed by atoms with Gasteiger partial charge in [-0.3, -0.25) is 0 Å². The Hall–Kier alpha value is 0.700. The van der Waals surface area contributed by atoms with Crippen LogP contribution in [0.25, 0.3) is 0 Å². The molecule has 0 nitrogen and oxygen atoms in total. The molecular weight excluding hydrogens is 160 g/mol. The monoisotopic (exact) mass is 174 g/mol. The Morgan fingerprint density at radius 2 is 1.90 bits per heavy atom. The van der Waals surface area contributed by atoms with Crippen molar-refractivity contribution in [1.82, 2.24) is 0 Å². The highest BCUT2D eigenvalue weighted by Crippen LogP contribution is 2.54. The summed E-state index contributed by atoms with van der Waals surface area (Å²) in [5, 5.41) is 0. The Balaban J connectivity index is 2.16. The van der Waals surface area contributed by atoms with Gasteiger partial charge in [-0.05, 0) is 31.1 Å². The van der Waals surface area contributed by atoms with E-state index in [4.69, 9.17) is 0 Å². The molecule has 0 N–H and O–H groups in total. The molecule has 0 aromatic carbocycles. The van der Waals surface area contributed by atoms with Crippen LogP contribution in [0, 0.1) is 11.8 Å². The third kappa shape index (κ3) is 1.00. The maximum Gasteiger partial charge on any atom is 0.0582 e. The second-order valence-electron chi connectivity index (χ2n) is 3.71. The summed E-state index contributed by atoms with van der Waals surface area (Å²) in [6.45, 7) is 0. The Kier molecular flexibility index (Phi) is 1.72. The summed E-state index contributed by atoms with van der Waals surface area (Å²) in [7, 11) is 0. The molecular formula is C8H14S2. The van der Waals surface area contributed by atoms with Gasteiger partial charge in [0.05, 0.1) is 4.08 Å². The molecule has 0 aliphatic heterocycles. The van der Waals surface area contributed by atoms with E-state index >= 15 is 0 Å². The van der Waals surface area contributed by atoms with Gasteiger partial charge in [0.15, 0.2) is 0 Å². The largest absolute Gasteiger partial charge is 0.162 e. The van der Waals surface area contributed by atoms with E-state index in [1.165, 1.54) is 32.1 Å². The summed E-state index contributed by atoms with van der Waals surface area (Å²) in [5.41, 5.74) is 0. The quantitative estimate of drug-likeness (QED) is 0.409. The molecule has 2 aliphatic rings. The molecule has 2 heteroatoms. The van der Waals surface area contributed by atoms with Crippen molar-refractivity contribution >= 4 is 25.3 Å². The molecule has 0 radical (unpaired) electrons. The maximum absolute atomic E-state index is 4.59. The van der Waals surface area contributed by atoms with Gasteiger partial charge in [-0.1, -0.05) is 12.8 Å². The average Bonchev–Trinajstić information content (AvgIpc) is 2.36. The van der Waals surface area contributed by atoms with Crippen molar-refractivity contribution in [3.05, 3.63) is 0 Å². The molecule has 58 valence electrons. The van der Waals surface area contributed by atoms with Crippen molar-refractivity contribution in [3.63, 3.8) is 0 Å². The molecule has 2 unspecified atom stereocenters. The van der Waals surface area contributed by atoms with Gasteiger partial charge < -0.3 is 0 Å². The normalized spacial score (nSPS) is 43.8. The molecule has 2 atom stereocenters. The smallest absolute Gasteiger partial charge is 0.0582 e. The lowest BCUT2D eigenvalue weighted by atomic mass is 10.0. The summed E-state index contributed by atoms with van der Waals surface area (Å²) in [6, 6.07) is 0. The van der Waals surface area contributed by atoms with Gasteiger partial charge in [0.2, 0.25) is 0 Å². The molecule has 0 heterocycles. The molecule has 10 heavy (non-hydrogen) atoms. The topological polar surface area (TPSA) is 0 Å². The number of rotatable bonds is 0. The van der Waals surface area contributed by atoms with E-state index in [0.29, 0.717) is 0 Å².